The lowest BCUT2D eigenvalue weighted by Gasteiger charge is -2.39. The Kier molecular flexibility index (Phi) is 9.22. The lowest BCUT2D eigenvalue weighted by atomic mass is 9.98. The summed E-state index contributed by atoms with van der Waals surface area (Å²) in [6, 6.07) is 26.8. The SMILES string of the molecule is Cc1cccc2ccnc(N(C(=O)N3CC=C(c4ccccc4OCc4ccccc4)CC3)[C@@H]3CCCNC3)c12.Cl. The predicted octanol–water partition coefficient (Wildman–Crippen LogP) is 7.01. The summed E-state index contributed by atoms with van der Waals surface area (Å²) in [5.74, 6) is 1.64. The number of benzene rings is 3. The van der Waals surface area contributed by atoms with Gasteiger partial charge in [0.15, 0.2) is 0 Å². The summed E-state index contributed by atoms with van der Waals surface area (Å²) in [6.45, 7) is 5.60. The fourth-order valence-corrected chi connectivity index (χ4v) is 5.88. The fraction of sp³-hybridized carbons (Fsp3) is 0.294. The molecular formula is C34H37ClN4O2. The Hall–Kier alpha value is -3.87. The molecule has 3 heterocycles. The van der Waals surface area contributed by atoms with Crippen LogP contribution < -0.4 is 15.0 Å². The van der Waals surface area contributed by atoms with Crippen molar-refractivity contribution in [2.45, 2.75) is 38.8 Å². The van der Waals surface area contributed by atoms with Gasteiger partial charge < -0.3 is 15.0 Å². The Morgan fingerprint density at radius 1 is 1.05 bits per heavy atom. The quantitative estimate of drug-likeness (QED) is 0.272. The second-order valence-corrected chi connectivity index (χ2v) is 10.7. The molecule has 4 aromatic rings. The number of aromatic nitrogens is 1. The topological polar surface area (TPSA) is 57.7 Å². The van der Waals surface area contributed by atoms with Crippen LogP contribution in [-0.2, 0) is 6.61 Å². The van der Waals surface area contributed by atoms with E-state index in [2.05, 4.69) is 60.8 Å². The van der Waals surface area contributed by atoms with Crippen molar-refractivity contribution in [1.82, 2.24) is 15.2 Å². The molecule has 0 unspecified atom stereocenters. The molecule has 1 N–H and O–H groups in total. The zero-order valence-electron chi connectivity index (χ0n) is 23.5. The van der Waals surface area contributed by atoms with Crippen molar-refractivity contribution in [3.8, 4) is 5.75 Å². The molecule has 0 aliphatic carbocycles. The minimum Gasteiger partial charge on any atom is -0.488 e. The fourth-order valence-electron chi connectivity index (χ4n) is 5.88. The number of anilines is 1. The second-order valence-electron chi connectivity index (χ2n) is 10.7. The van der Waals surface area contributed by atoms with Crippen LogP contribution in [0.15, 0.2) is 91.1 Å². The first kappa shape index (κ1) is 28.7. The molecule has 1 aromatic heterocycles. The molecule has 0 spiro atoms. The van der Waals surface area contributed by atoms with E-state index >= 15 is 0 Å². The summed E-state index contributed by atoms with van der Waals surface area (Å²) in [6.07, 6.45) is 6.79. The van der Waals surface area contributed by atoms with Gasteiger partial charge in [0.25, 0.3) is 0 Å². The average molecular weight is 569 g/mol. The number of hydrogen-bond donors (Lipinski definition) is 1. The molecule has 0 radical (unpaired) electrons. The van der Waals surface area contributed by atoms with Crippen molar-refractivity contribution in [1.29, 1.82) is 0 Å². The van der Waals surface area contributed by atoms with E-state index in [0.29, 0.717) is 19.7 Å². The number of rotatable bonds is 6. The highest BCUT2D eigenvalue weighted by molar-refractivity contribution is 6.03. The molecule has 3 aromatic carbocycles. The van der Waals surface area contributed by atoms with Crippen LogP contribution in [0.1, 0.15) is 36.0 Å². The van der Waals surface area contributed by atoms with Crippen LogP contribution in [-0.4, -0.2) is 48.1 Å². The molecule has 6 nitrogen and oxygen atoms in total. The number of halogens is 1. The van der Waals surface area contributed by atoms with Crippen molar-refractivity contribution >= 4 is 40.6 Å². The Morgan fingerprint density at radius 3 is 2.66 bits per heavy atom. The molecule has 1 fully saturated rings. The average Bonchev–Trinajstić information content (AvgIpc) is 3.01. The van der Waals surface area contributed by atoms with Crippen molar-refractivity contribution in [2.75, 3.05) is 31.1 Å². The number of para-hydroxylation sites is 1. The summed E-state index contributed by atoms with van der Waals surface area (Å²) >= 11 is 0. The van der Waals surface area contributed by atoms with Crippen LogP contribution in [0, 0.1) is 6.92 Å². The summed E-state index contributed by atoms with van der Waals surface area (Å²) < 4.78 is 6.23. The molecule has 1 saturated heterocycles. The third kappa shape index (κ3) is 6.24. The van der Waals surface area contributed by atoms with Crippen molar-refractivity contribution in [2.24, 2.45) is 0 Å². The van der Waals surface area contributed by atoms with E-state index in [-0.39, 0.29) is 24.5 Å². The van der Waals surface area contributed by atoms with Gasteiger partial charge in [-0.25, -0.2) is 9.78 Å². The molecule has 1 atom stereocenters. The maximum Gasteiger partial charge on any atom is 0.326 e. The number of fused-ring (bicyclic) bond motifs is 1. The van der Waals surface area contributed by atoms with E-state index in [4.69, 9.17) is 9.72 Å². The van der Waals surface area contributed by atoms with E-state index in [1.54, 1.807) is 0 Å². The number of nitrogens with zero attached hydrogens (tertiary/aromatic N) is 3. The molecule has 0 bridgehead atoms. The van der Waals surface area contributed by atoms with Gasteiger partial charge >= 0.3 is 6.03 Å². The lowest BCUT2D eigenvalue weighted by Crippen LogP contribution is -2.54. The first-order chi connectivity index (χ1) is 19.7. The number of aryl methyl sites for hydroxylation is 1. The standard InChI is InChI=1S/C34H36N4O2.ClH/c1-25-9-7-12-28-16-20-36-33(32(25)28)38(29-13-8-19-35-23-29)34(39)37-21-17-27(18-22-37)30-14-5-6-15-31(30)40-24-26-10-3-2-4-11-26;/h2-7,9-12,14-17,20,29,35H,8,13,18-19,21-24H2,1H3;1H/t29-;/m1./s1. The van der Waals surface area contributed by atoms with Gasteiger partial charge in [-0.15, -0.1) is 12.4 Å². The highest BCUT2D eigenvalue weighted by Crippen LogP contribution is 2.34. The largest absolute Gasteiger partial charge is 0.488 e. The number of amides is 2. The number of nitrogens with one attached hydrogen (secondary N) is 1. The van der Waals surface area contributed by atoms with E-state index in [0.717, 1.165) is 71.4 Å². The molecule has 2 aliphatic rings. The molecular weight excluding hydrogens is 532 g/mol. The zero-order chi connectivity index (χ0) is 27.3. The van der Waals surface area contributed by atoms with Gasteiger partial charge in [-0.05, 0) is 66.9 Å². The van der Waals surface area contributed by atoms with Gasteiger partial charge in [0, 0.05) is 36.8 Å². The molecule has 212 valence electrons. The summed E-state index contributed by atoms with van der Waals surface area (Å²) in [5.41, 5.74) is 4.60. The lowest BCUT2D eigenvalue weighted by molar-refractivity contribution is 0.205. The number of carbonyl (C=O) groups excluding carboxylic acids is 1. The number of hydrogen-bond acceptors (Lipinski definition) is 4. The maximum atomic E-state index is 14.3. The van der Waals surface area contributed by atoms with E-state index in [1.165, 1.54) is 5.57 Å². The molecule has 7 heteroatoms. The number of carbonyl (C=O) groups is 1. The third-order valence-corrected chi connectivity index (χ3v) is 8.00. The number of urea groups is 1. The van der Waals surface area contributed by atoms with E-state index < -0.39 is 0 Å². The van der Waals surface area contributed by atoms with E-state index in [1.807, 2.05) is 52.4 Å². The first-order valence-electron chi connectivity index (χ1n) is 14.3. The highest BCUT2D eigenvalue weighted by Gasteiger charge is 2.33. The zero-order valence-corrected chi connectivity index (χ0v) is 24.3. The van der Waals surface area contributed by atoms with Crippen LogP contribution in [0.5, 0.6) is 5.75 Å². The van der Waals surface area contributed by atoms with Gasteiger partial charge in [-0.1, -0.05) is 72.8 Å². The number of ether oxygens (including phenoxy) is 1. The smallest absolute Gasteiger partial charge is 0.326 e. The van der Waals surface area contributed by atoms with Crippen LogP contribution in [0.3, 0.4) is 0 Å². The van der Waals surface area contributed by atoms with Gasteiger partial charge in [-0.2, -0.15) is 0 Å². The minimum atomic E-state index is 0. The van der Waals surface area contributed by atoms with Crippen molar-refractivity contribution in [3.05, 3.63) is 108 Å². The van der Waals surface area contributed by atoms with Crippen molar-refractivity contribution < 1.29 is 9.53 Å². The molecule has 6 rings (SSSR count). The highest BCUT2D eigenvalue weighted by atomic mass is 35.5. The van der Waals surface area contributed by atoms with E-state index in [9.17, 15) is 4.79 Å². The number of pyridine rings is 1. The van der Waals surface area contributed by atoms with Gasteiger partial charge in [0.1, 0.15) is 18.2 Å². The minimum absolute atomic E-state index is 0. The number of piperidine rings is 1. The predicted molar refractivity (Wildman–Crippen MR) is 169 cm³/mol. The second kappa shape index (κ2) is 13.2. The Morgan fingerprint density at radius 2 is 1.88 bits per heavy atom. The van der Waals surface area contributed by atoms with Gasteiger partial charge in [0.05, 0.1) is 6.04 Å². The monoisotopic (exact) mass is 568 g/mol. The molecule has 2 amide bonds. The van der Waals surface area contributed by atoms with Crippen LogP contribution in [0.4, 0.5) is 10.6 Å². The molecule has 0 saturated carbocycles. The van der Waals surface area contributed by atoms with Crippen molar-refractivity contribution in [3.63, 3.8) is 0 Å². The Labute approximate surface area is 248 Å². The summed E-state index contributed by atoms with van der Waals surface area (Å²) in [7, 11) is 0. The Bertz CT molecular complexity index is 1510. The summed E-state index contributed by atoms with van der Waals surface area (Å²) in [5, 5.41) is 5.67. The maximum absolute atomic E-state index is 14.3. The van der Waals surface area contributed by atoms with Crippen LogP contribution in [0.2, 0.25) is 0 Å². The molecule has 2 aliphatic heterocycles. The summed E-state index contributed by atoms with van der Waals surface area (Å²) in [4.78, 5) is 23.0. The van der Waals surface area contributed by atoms with Crippen LogP contribution >= 0.6 is 12.4 Å². The van der Waals surface area contributed by atoms with Gasteiger partial charge in [-0.3, -0.25) is 4.90 Å². The van der Waals surface area contributed by atoms with Crippen LogP contribution in [0.25, 0.3) is 16.3 Å². The normalized spacial score (nSPS) is 17.0. The Balaban J connectivity index is 0.00000337. The molecule has 41 heavy (non-hydrogen) atoms. The van der Waals surface area contributed by atoms with Gasteiger partial charge in [0.2, 0.25) is 0 Å². The third-order valence-electron chi connectivity index (χ3n) is 8.00. The first-order valence-corrected chi connectivity index (χ1v) is 14.3.